The quantitative estimate of drug-likeness (QED) is 0.860. The molecule has 2 aromatic rings. The number of hydrogen-bond donors (Lipinski definition) is 1. The van der Waals surface area contributed by atoms with Crippen molar-refractivity contribution in [3.05, 3.63) is 30.2 Å². The highest BCUT2D eigenvalue weighted by Crippen LogP contribution is 2.30. The van der Waals surface area contributed by atoms with Gasteiger partial charge < -0.3 is 14.7 Å². The number of urea groups is 1. The monoisotopic (exact) mass is 395 g/mol. The van der Waals surface area contributed by atoms with Crippen LogP contribution in [0.1, 0.15) is 18.7 Å². The summed E-state index contributed by atoms with van der Waals surface area (Å²) in [7, 11) is 0. The smallest absolute Gasteiger partial charge is 0.329 e. The van der Waals surface area contributed by atoms with Crippen LogP contribution in [0.5, 0.6) is 0 Å². The Labute approximate surface area is 159 Å². The standard InChI is InChI=1S/C18H20F3N5O2/c19-18(20,21)16-23-15(24-28-16)13-3-5-14(6-4-13)22-17(27)26-9-7-25(8-10-26)11-12-1-2-12/h3-6,12H,1-2,7-11H2,(H,22,27). The number of aromatic nitrogens is 2. The van der Waals surface area contributed by atoms with Crippen molar-refractivity contribution < 1.29 is 22.5 Å². The van der Waals surface area contributed by atoms with E-state index in [4.69, 9.17) is 0 Å². The minimum atomic E-state index is -4.68. The van der Waals surface area contributed by atoms with E-state index in [9.17, 15) is 18.0 Å². The molecule has 150 valence electrons. The fourth-order valence-electron chi connectivity index (χ4n) is 3.16. The lowest BCUT2D eigenvalue weighted by Gasteiger charge is -2.34. The normalized spacial score (nSPS) is 18.3. The molecule has 1 aliphatic carbocycles. The van der Waals surface area contributed by atoms with Crippen LogP contribution < -0.4 is 5.32 Å². The average molecular weight is 395 g/mol. The molecule has 0 unspecified atom stereocenters. The molecule has 0 spiro atoms. The zero-order chi connectivity index (χ0) is 19.7. The Morgan fingerprint density at radius 3 is 2.39 bits per heavy atom. The second-order valence-corrected chi connectivity index (χ2v) is 7.16. The van der Waals surface area contributed by atoms with Crippen molar-refractivity contribution in [3.63, 3.8) is 0 Å². The summed E-state index contributed by atoms with van der Waals surface area (Å²) in [4.78, 5) is 19.9. The summed E-state index contributed by atoms with van der Waals surface area (Å²) in [6, 6.07) is 6.08. The number of anilines is 1. The highest BCUT2D eigenvalue weighted by Gasteiger charge is 2.38. The van der Waals surface area contributed by atoms with Gasteiger partial charge in [-0.2, -0.15) is 18.2 Å². The number of nitrogens with zero attached hydrogens (tertiary/aromatic N) is 4. The van der Waals surface area contributed by atoms with Gasteiger partial charge in [0.25, 0.3) is 0 Å². The number of piperazine rings is 1. The molecule has 1 saturated carbocycles. The molecule has 1 aromatic carbocycles. The molecule has 2 aliphatic rings. The van der Waals surface area contributed by atoms with Gasteiger partial charge in [0.1, 0.15) is 0 Å². The van der Waals surface area contributed by atoms with Crippen LogP contribution in [0.15, 0.2) is 28.8 Å². The largest absolute Gasteiger partial charge is 0.471 e. The Morgan fingerprint density at radius 1 is 1.14 bits per heavy atom. The van der Waals surface area contributed by atoms with Crippen LogP contribution in [0, 0.1) is 5.92 Å². The summed E-state index contributed by atoms with van der Waals surface area (Å²) >= 11 is 0. The lowest BCUT2D eigenvalue weighted by atomic mass is 10.2. The molecule has 4 rings (SSSR count). The molecule has 2 fully saturated rings. The van der Waals surface area contributed by atoms with Crippen molar-refractivity contribution >= 4 is 11.7 Å². The molecule has 2 amide bonds. The number of carbonyl (C=O) groups excluding carboxylic acids is 1. The van der Waals surface area contributed by atoms with Gasteiger partial charge in [-0.15, -0.1) is 0 Å². The predicted octanol–water partition coefficient (Wildman–Crippen LogP) is 3.31. The Kier molecular flexibility index (Phi) is 4.96. The van der Waals surface area contributed by atoms with Crippen LogP contribution >= 0.6 is 0 Å². The van der Waals surface area contributed by atoms with Crippen LogP contribution in [0.4, 0.5) is 23.7 Å². The second kappa shape index (κ2) is 7.42. The van der Waals surface area contributed by atoms with Crippen molar-refractivity contribution in [2.24, 2.45) is 5.92 Å². The Bertz CT molecular complexity index is 824. The molecule has 1 N–H and O–H groups in total. The maximum Gasteiger partial charge on any atom is 0.471 e. The molecule has 28 heavy (non-hydrogen) atoms. The molecule has 0 radical (unpaired) electrons. The van der Waals surface area contributed by atoms with Gasteiger partial charge in [-0.05, 0) is 43.0 Å². The molecule has 10 heteroatoms. The molecule has 0 atom stereocenters. The summed E-state index contributed by atoms with van der Waals surface area (Å²) in [6.45, 7) is 4.24. The van der Waals surface area contributed by atoms with E-state index in [2.05, 4.69) is 24.9 Å². The number of hydrogen-bond acceptors (Lipinski definition) is 5. The van der Waals surface area contributed by atoms with Crippen molar-refractivity contribution in [1.29, 1.82) is 0 Å². The summed E-state index contributed by atoms with van der Waals surface area (Å²) in [6.07, 6.45) is -2.04. The van der Waals surface area contributed by atoms with Crippen LogP contribution in [0.25, 0.3) is 11.4 Å². The van der Waals surface area contributed by atoms with Gasteiger partial charge in [0.15, 0.2) is 0 Å². The summed E-state index contributed by atoms with van der Waals surface area (Å²) in [5.74, 6) is -0.706. The minimum absolute atomic E-state index is 0.156. The van der Waals surface area contributed by atoms with Crippen molar-refractivity contribution in [2.45, 2.75) is 19.0 Å². The third kappa shape index (κ3) is 4.44. The molecular weight excluding hydrogens is 375 g/mol. The number of carbonyl (C=O) groups is 1. The van der Waals surface area contributed by atoms with Crippen molar-refractivity contribution in [2.75, 3.05) is 38.0 Å². The first-order valence-corrected chi connectivity index (χ1v) is 9.18. The maximum absolute atomic E-state index is 12.5. The second-order valence-electron chi connectivity index (χ2n) is 7.16. The number of benzene rings is 1. The first-order chi connectivity index (χ1) is 13.4. The summed E-state index contributed by atoms with van der Waals surface area (Å²) in [5, 5.41) is 6.15. The highest BCUT2D eigenvalue weighted by atomic mass is 19.4. The van der Waals surface area contributed by atoms with Gasteiger partial charge in [-0.25, -0.2) is 4.79 Å². The number of amides is 2. The zero-order valence-electron chi connectivity index (χ0n) is 15.1. The predicted molar refractivity (Wildman–Crippen MR) is 94.5 cm³/mol. The van der Waals surface area contributed by atoms with Crippen molar-refractivity contribution in [1.82, 2.24) is 19.9 Å². The lowest BCUT2D eigenvalue weighted by molar-refractivity contribution is -0.159. The molecule has 1 saturated heterocycles. The maximum atomic E-state index is 12.5. The third-order valence-corrected chi connectivity index (χ3v) is 4.94. The van der Waals surface area contributed by atoms with E-state index in [1.165, 1.54) is 25.0 Å². The molecule has 1 aliphatic heterocycles. The van der Waals surface area contributed by atoms with Gasteiger partial charge >= 0.3 is 18.1 Å². The Hall–Kier alpha value is -2.62. The van der Waals surface area contributed by atoms with E-state index in [1.807, 2.05) is 0 Å². The van der Waals surface area contributed by atoms with Crippen LogP contribution in [0.3, 0.4) is 0 Å². The fourth-order valence-corrected chi connectivity index (χ4v) is 3.16. The average Bonchev–Trinajstić information content (AvgIpc) is 3.32. The highest BCUT2D eigenvalue weighted by molar-refractivity contribution is 5.89. The first kappa shape index (κ1) is 18.7. The molecule has 1 aromatic heterocycles. The first-order valence-electron chi connectivity index (χ1n) is 9.18. The van der Waals surface area contributed by atoms with Gasteiger partial charge in [-0.3, -0.25) is 4.90 Å². The summed E-state index contributed by atoms with van der Waals surface area (Å²) in [5.41, 5.74) is 0.916. The van der Waals surface area contributed by atoms with E-state index < -0.39 is 12.1 Å². The summed E-state index contributed by atoms with van der Waals surface area (Å²) < 4.78 is 41.8. The van der Waals surface area contributed by atoms with Crippen LogP contribution in [0.2, 0.25) is 0 Å². The molecule has 0 bridgehead atoms. The Morgan fingerprint density at radius 2 is 1.82 bits per heavy atom. The van der Waals surface area contributed by atoms with E-state index >= 15 is 0 Å². The van der Waals surface area contributed by atoms with E-state index in [-0.39, 0.29) is 11.9 Å². The van der Waals surface area contributed by atoms with Crippen molar-refractivity contribution in [3.8, 4) is 11.4 Å². The number of nitrogens with one attached hydrogen (secondary N) is 1. The van der Waals surface area contributed by atoms with E-state index in [1.54, 1.807) is 17.0 Å². The minimum Gasteiger partial charge on any atom is -0.329 e. The van der Waals surface area contributed by atoms with Gasteiger partial charge in [0.05, 0.1) is 0 Å². The molecule has 7 nitrogen and oxygen atoms in total. The lowest BCUT2D eigenvalue weighted by Crippen LogP contribution is -2.50. The van der Waals surface area contributed by atoms with E-state index in [0.29, 0.717) is 24.3 Å². The fraction of sp³-hybridized carbons (Fsp3) is 0.500. The Balaban J connectivity index is 1.31. The van der Waals surface area contributed by atoms with Crippen LogP contribution in [-0.2, 0) is 6.18 Å². The van der Waals surface area contributed by atoms with Gasteiger partial charge in [0, 0.05) is 44.0 Å². The SMILES string of the molecule is O=C(Nc1ccc(-c2noc(C(F)(F)F)n2)cc1)N1CCN(CC2CC2)CC1. The van der Waals surface area contributed by atoms with Gasteiger partial charge in [0.2, 0.25) is 5.82 Å². The zero-order valence-corrected chi connectivity index (χ0v) is 15.1. The number of halogens is 3. The molecule has 2 heterocycles. The van der Waals surface area contributed by atoms with Gasteiger partial charge in [-0.1, -0.05) is 5.16 Å². The van der Waals surface area contributed by atoms with Crippen LogP contribution in [-0.4, -0.2) is 58.7 Å². The topological polar surface area (TPSA) is 74.5 Å². The number of alkyl halides is 3. The van der Waals surface area contributed by atoms with E-state index in [0.717, 1.165) is 25.6 Å². The third-order valence-electron chi connectivity index (χ3n) is 4.94. The molecular formula is C18H20F3N5O2. The number of rotatable bonds is 4.